The van der Waals surface area contributed by atoms with Crippen molar-refractivity contribution in [1.82, 2.24) is 4.90 Å². The van der Waals surface area contributed by atoms with Crippen molar-refractivity contribution in [3.05, 3.63) is 12.2 Å². The molecule has 1 atom stereocenters. The quantitative estimate of drug-likeness (QED) is 0.317. The van der Waals surface area contributed by atoms with Crippen LogP contribution in [0.4, 0.5) is 4.79 Å². The molecule has 6 nitrogen and oxygen atoms in total. The Balaban J connectivity index is 2.82. The summed E-state index contributed by atoms with van der Waals surface area (Å²) in [5, 5.41) is 10.1. The second-order valence-electron chi connectivity index (χ2n) is 10.8. The lowest BCUT2D eigenvalue weighted by atomic mass is 9.87. The molecule has 1 amide bonds. The highest BCUT2D eigenvalue weighted by Crippen LogP contribution is 2.40. The molecular formula is C22H41NO5Si. The van der Waals surface area contributed by atoms with E-state index in [-0.39, 0.29) is 23.5 Å². The first-order valence-corrected chi connectivity index (χ1v) is 13.5. The molecule has 7 heteroatoms. The van der Waals surface area contributed by atoms with Crippen molar-refractivity contribution in [3.8, 4) is 0 Å². The number of ether oxygens (including phenoxy) is 1. The lowest BCUT2D eigenvalue weighted by Gasteiger charge is -2.37. The number of rotatable bonds is 8. The molecule has 0 aliphatic carbocycles. The standard InChI is InChI=1S/C22H41NO5Si/c1-17-11-14-23(19(26)27-16-13-20(2,3)4)22(17,18(24)25)12-10-15-28-29(8,9)21(5,6)7/h1,10-16H2,2-9H3,(H,24,25)/t22-/m0/s1. The Hall–Kier alpha value is -1.34. The Kier molecular flexibility index (Phi) is 8.16. The van der Waals surface area contributed by atoms with Crippen molar-refractivity contribution in [3.63, 3.8) is 0 Å². The van der Waals surface area contributed by atoms with Crippen LogP contribution in [0, 0.1) is 5.41 Å². The van der Waals surface area contributed by atoms with Gasteiger partial charge in [-0.05, 0) is 54.8 Å². The lowest BCUT2D eigenvalue weighted by molar-refractivity contribution is -0.147. The van der Waals surface area contributed by atoms with Crippen LogP contribution in [0.15, 0.2) is 12.2 Å². The molecule has 0 unspecified atom stereocenters. The van der Waals surface area contributed by atoms with Gasteiger partial charge in [0.25, 0.3) is 0 Å². The summed E-state index contributed by atoms with van der Waals surface area (Å²) >= 11 is 0. The van der Waals surface area contributed by atoms with Gasteiger partial charge in [0.15, 0.2) is 13.9 Å². The van der Waals surface area contributed by atoms with Gasteiger partial charge in [0.2, 0.25) is 0 Å². The number of aliphatic carboxylic acids is 1. The van der Waals surface area contributed by atoms with Crippen LogP contribution >= 0.6 is 0 Å². The summed E-state index contributed by atoms with van der Waals surface area (Å²) in [6.07, 6.45) is 1.45. The number of nitrogens with zero attached hydrogens (tertiary/aromatic N) is 1. The van der Waals surface area contributed by atoms with E-state index in [1.54, 1.807) is 0 Å². The molecular weight excluding hydrogens is 386 g/mol. The number of carboxylic acids is 1. The maximum absolute atomic E-state index is 12.7. The average molecular weight is 428 g/mol. The van der Waals surface area contributed by atoms with E-state index in [2.05, 4.69) is 61.2 Å². The fourth-order valence-corrected chi connectivity index (χ4v) is 4.25. The summed E-state index contributed by atoms with van der Waals surface area (Å²) in [6, 6.07) is 0. The SMILES string of the molecule is C=C1CCN(C(=O)OCCC(C)(C)C)[C@]1(CCCO[Si](C)(C)C(C)(C)C)C(=O)O. The van der Waals surface area contributed by atoms with Gasteiger partial charge in [0.1, 0.15) is 0 Å². The van der Waals surface area contributed by atoms with Crippen LogP contribution in [-0.4, -0.2) is 55.7 Å². The van der Waals surface area contributed by atoms with Gasteiger partial charge in [-0.15, -0.1) is 0 Å². The summed E-state index contributed by atoms with van der Waals surface area (Å²) < 4.78 is 11.6. The molecule has 0 saturated carbocycles. The van der Waals surface area contributed by atoms with E-state index in [4.69, 9.17) is 9.16 Å². The largest absolute Gasteiger partial charge is 0.479 e. The Morgan fingerprint density at radius 2 is 1.76 bits per heavy atom. The van der Waals surface area contributed by atoms with Gasteiger partial charge < -0.3 is 14.3 Å². The average Bonchev–Trinajstić information content (AvgIpc) is 2.87. The summed E-state index contributed by atoms with van der Waals surface area (Å²) in [5.74, 6) is -1.04. The molecule has 1 heterocycles. The molecule has 0 aromatic carbocycles. The van der Waals surface area contributed by atoms with Crippen LogP contribution in [0.3, 0.4) is 0 Å². The normalized spacial score (nSPS) is 20.8. The number of hydrogen-bond acceptors (Lipinski definition) is 4. The van der Waals surface area contributed by atoms with E-state index in [9.17, 15) is 14.7 Å². The maximum atomic E-state index is 12.7. The van der Waals surface area contributed by atoms with Crippen molar-refractivity contribution >= 4 is 20.4 Å². The molecule has 0 radical (unpaired) electrons. The third-order valence-electron chi connectivity index (χ3n) is 6.29. The smallest absolute Gasteiger partial charge is 0.410 e. The van der Waals surface area contributed by atoms with E-state index in [1.807, 2.05) is 0 Å². The van der Waals surface area contributed by atoms with Crippen molar-refractivity contribution in [2.75, 3.05) is 19.8 Å². The Morgan fingerprint density at radius 1 is 1.17 bits per heavy atom. The summed E-state index contributed by atoms with van der Waals surface area (Å²) in [4.78, 5) is 26.3. The van der Waals surface area contributed by atoms with E-state index < -0.39 is 25.9 Å². The highest BCUT2D eigenvalue weighted by atomic mass is 28.4. The summed E-state index contributed by atoms with van der Waals surface area (Å²) in [5.41, 5.74) is -0.805. The number of carbonyl (C=O) groups is 2. The number of likely N-dealkylation sites (tertiary alicyclic amines) is 1. The third kappa shape index (κ3) is 6.32. The van der Waals surface area contributed by atoms with Gasteiger partial charge >= 0.3 is 12.1 Å². The number of hydrogen-bond donors (Lipinski definition) is 1. The minimum atomic E-state index is -1.90. The van der Waals surface area contributed by atoms with Crippen LogP contribution in [0.25, 0.3) is 0 Å². The van der Waals surface area contributed by atoms with E-state index in [0.29, 0.717) is 38.0 Å². The van der Waals surface area contributed by atoms with Crippen LogP contribution < -0.4 is 0 Å². The summed E-state index contributed by atoms with van der Waals surface area (Å²) in [7, 11) is -1.90. The molecule has 1 fully saturated rings. The van der Waals surface area contributed by atoms with Crippen LogP contribution in [-0.2, 0) is 14.0 Å². The second-order valence-corrected chi connectivity index (χ2v) is 15.6. The first-order chi connectivity index (χ1) is 13.0. The number of carbonyl (C=O) groups excluding carboxylic acids is 1. The molecule has 1 N–H and O–H groups in total. The van der Waals surface area contributed by atoms with Gasteiger partial charge in [-0.3, -0.25) is 4.90 Å². The van der Waals surface area contributed by atoms with Gasteiger partial charge in [-0.25, -0.2) is 9.59 Å². The highest BCUT2D eigenvalue weighted by Gasteiger charge is 2.53. The molecule has 0 aromatic rings. The first kappa shape index (κ1) is 25.7. The van der Waals surface area contributed by atoms with Crippen LogP contribution in [0.5, 0.6) is 0 Å². The van der Waals surface area contributed by atoms with Crippen molar-refractivity contribution < 1.29 is 23.9 Å². The fourth-order valence-electron chi connectivity index (χ4n) is 3.16. The molecule has 168 valence electrons. The van der Waals surface area contributed by atoms with Crippen molar-refractivity contribution in [1.29, 1.82) is 0 Å². The Labute approximate surface area is 177 Å². The van der Waals surface area contributed by atoms with Gasteiger partial charge in [0, 0.05) is 13.2 Å². The Bertz CT molecular complexity index is 618. The second kappa shape index (κ2) is 9.21. The zero-order valence-electron chi connectivity index (χ0n) is 19.7. The van der Waals surface area contributed by atoms with Gasteiger partial charge in [-0.2, -0.15) is 0 Å². The minimum Gasteiger partial charge on any atom is -0.479 e. The van der Waals surface area contributed by atoms with Crippen molar-refractivity contribution in [2.24, 2.45) is 5.41 Å². The molecule has 1 saturated heterocycles. The molecule has 1 rings (SSSR count). The highest BCUT2D eigenvalue weighted by molar-refractivity contribution is 6.74. The van der Waals surface area contributed by atoms with E-state index in [1.165, 1.54) is 4.90 Å². The maximum Gasteiger partial charge on any atom is 0.410 e. The fraction of sp³-hybridized carbons (Fsp3) is 0.818. The topological polar surface area (TPSA) is 76.1 Å². The third-order valence-corrected chi connectivity index (χ3v) is 10.8. The predicted octanol–water partition coefficient (Wildman–Crippen LogP) is 5.45. The molecule has 1 aliphatic heterocycles. The summed E-state index contributed by atoms with van der Waals surface area (Å²) in [6.45, 7) is 22.1. The van der Waals surface area contributed by atoms with Gasteiger partial charge in [-0.1, -0.05) is 48.1 Å². The van der Waals surface area contributed by atoms with E-state index >= 15 is 0 Å². The molecule has 0 spiro atoms. The van der Waals surface area contributed by atoms with E-state index in [0.717, 1.165) is 0 Å². The van der Waals surface area contributed by atoms with Crippen LogP contribution in [0.2, 0.25) is 18.1 Å². The number of carboxylic acid groups (broad SMARTS) is 1. The first-order valence-electron chi connectivity index (χ1n) is 10.5. The molecule has 29 heavy (non-hydrogen) atoms. The molecule has 1 aliphatic rings. The number of amides is 1. The van der Waals surface area contributed by atoms with Gasteiger partial charge in [0.05, 0.1) is 6.61 Å². The predicted molar refractivity (Wildman–Crippen MR) is 119 cm³/mol. The van der Waals surface area contributed by atoms with Crippen molar-refractivity contribution in [2.45, 2.75) is 90.9 Å². The minimum absolute atomic E-state index is 0.0415. The molecule has 0 aromatic heterocycles. The molecule has 0 bridgehead atoms. The zero-order valence-corrected chi connectivity index (χ0v) is 20.7. The monoisotopic (exact) mass is 427 g/mol. The lowest BCUT2D eigenvalue weighted by Crippen LogP contribution is -2.54. The van der Waals surface area contributed by atoms with Crippen LogP contribution in [0.1, 0.15) is 67.2 Å². The Morgan fingerprint density at radius 3 is 2.24 bits per heavy atom. The zero-order chi connectivity index (χ0) is 22.7.